The van der Waals surface area contributed by atoms with Gasteiger partial charge in [0.25, 0.3) is 0 Å². The number of hydrogen-bond acceptors (Lipinski definition) is 4. The van der Waals surface area contributed by atoms with Crippen LogP contribution < -0.4 is 0 Å². The number of oxazole rings is 1. The average Bonchev–Trinajstić information content (AvgIpc) is 2.89. The van der Waals surface area contributed by atoms with Gasteiger partial charge in [0.1, 0.15) is 12.0 Å². The van der Waals surface area contributed by atoms with E-state index in [1.54, 1.807) is 6.20 Å². The van der Waals surface area contributed by atoms with E-state index < -0.39 is 0 Å². The highest BCUT2D eigenvalue weighted by molar-refractivity contribution is 5.72. The zero-order valence-electron chi connectivity index (χ0n) is 8.20. The van der Waals surface area contributed by atoms with Crippen molar-refractivity contribution in [2.75, 3.05) is 0 Å². The van der Waals surface area contributed by atoms with E-state index in [2.05, 4.69) is 10.2 Å². The molecule has 16 heavy (non-hydrogen) atoms. The normalized spacial score (nSPS) is 10.8. The van der Waals surface area contributed by atoms with E-state index in [0.29, 0.717) is 11.5 Å². The molecule has 0 aliphatic carbocycles. The summed E-state index contributed by atoms with van der Waals surface area (Å²) in [4.78, 5) is 15.0. The summed E-state index contributed by atoms with van der Waals surface area (Å²) in [6.07, 6.45) is 3.08. The SMILES string of the molecule is O=Nc1c(-c2ccccc2)nc2occn12. The zero-order chi connectivity index (χ0) is 11.0. The van der Waals surface area contributed by atoms with Gasteiger partial charge in [0.05, 0.1) is 6.20 Å². The van der Waals surface area contributed by atoms with Crippen LogP contribution in [0.25, 0.3) is 17.1 Å². The van der Waals surface area contributed by atoms with Crippen LogP contribution in [0.3, 0.4) is 0 Å². The first-order valence-corrected chi connectivity index (χ1v) is 4.74. The quantitative estimate of drug-likeness (QED) is 0.615. The third-order valence-corrected chi connectivity index (χ3v) is 2.37. The molecule has 3 rings (SSSR count). The van der Waals surface area contributed by atoms with Crippen molar-refractivity contribution in [3.8, 4) is 11.3 Å². The molecule has 0 aliphatic rings. The highest BCUT2D eigenvalue weighted by Crippen LogP contribution is 2.30. The van der Waals surface area contributed by atoms with Crippen molar-refractivity contribution >= 4 is 11.7 Å². The number of hydrogen-bond donors (Lipinski definition) is 0. The van der Waals surface area contributed by atoms with Crippen LogP contribution in [0, 0.1) is 4.91 Å². The molecule has 0 bridgehead atoms. The smallest absolute Gasteiger partial charge is 0.308 e. The highest BCUT2D eigenvalue weighted by Gasteiger charge is 2.15. The first-order chi connectivity index (χ1) is 7.90. The van der Waals surface area contributed by atoms with Gasteiger partial charge in [-0.05, 0) is 5.18 Å². The molecule has 0 spiro atoms. The molecule has 0 fully saturated rings. The first kappa shape index (κ1) is 8.84. The molecule has 0 amide bonds. The van der Waals surface area contributed by atoms with Gasteiger partial charge in [-0.25, -0.2) is 4.40 Å². The van der Waals surface area contributed by atoms with Gasteiger partial charge in [0.15, 0.2) is 0 Å². The first-order valence-electron chi connectivity index (χ1n) is 4.74. The molecule has 1 aromatic carbocycles. The molecule has 5 heteroatoms. The summed E-state index contributed by atoms with van der Waals surface area (Å²) < 4.78 is 6.64. The van der Waals surface area contributed by atoms with Crippen molar-refractivity contribution in [3.63, 3.8) is 0 Å². The summed E-state index contributed by atoms with van der Waals surface area (Å²) in [7, 11) is 0. The van der Waals surface area contributed by atoms with Gasteiger partial charge in [0.2, 0.25) is 5.82 Å². The number of benzene rings is 1. The van der Waals surface area contributed by atoms with Crippen LogP contribution in [0.5, 0.6) is 0 Å². The van der Waals surface area contributed by atoms with E-state index in [0.717, 1.165) is 5.56 Å². The maximum Gasteiger partial charge on any atom is 0.308 e. The van der Waals surface area contributed by atoms with E-state index in [1.165, 1.54) is 10.7 Å². The Labute approximate surface area is 90.3 Å². The Morgan fingerprint density at radius 3 is 2.81 bits per heavy atom. The van der Waals surface area contributed by atoms with Crippen LogP contribution in [0.15, 0.2) is 52.4 Å². The lowest BCUT2D eigenvalue weighted by molar-refractivity contribution is 0.596. The maximum absolute atomic E-state index is 10.8. The second-order valence-electron chi connectivity index (χ2n) is 3.30. The standard InChI is InChI=1S/C11H7N3O2/c15-13-10-9(8-4-2-1-3-5-8)12-11-14(10)6-7-16-11/h1-7H. The molecule has 0 saturated heterocycles. The van der Waals surface area contributed by atoms with Crippen LogP contribution >= 0.6 is 0 Å². The Balaban J connectivity index is 2.31. The number of rotatable bonds is 2. The van der Waals surface area contributed by atoms with E-state index in [9.17, 15) is 4.91 Å². The number of fused-ring (bicyclic) bond motifs is 1. The zero-order valence-corrected chi connectivity index (χ0v) is 8.20. The lowest BCUT2D eigenvalue weighted by atomic mass is 10.1. The molecular formula is C11H7N3O2. The fourth-order valence-corrected chi connectivity index (χ4v) is 1.65. The minimum Gasteiger partial charge on any atom is -0.432 e. The van der Waals surface area contributed by atoms with Gasteiger partial charge in [-0.3, -0.25) is 0 Å². The molecule has 0 saturated carbocycles. The molecule has 0 atom stereocenters. The Morgan fingerprint density at radius 2 is 2.06 bits per heavy atom. The van der Waals surface area contributed by atoms with Crippen molar-refractivity contribution in [1.82, 2.24) is 9.38 Å². The summed E-state index contributed by atoms with van der Waals surface area (Å²) in [6, 6.07) is 9.40. The van der Waals surface area contributed by atoms with Crippen molar-refractivity contribution in [3.05, 3.63) is 47.7 Å². The van der Waals surface area contributed by atoms with Crippen molar-refractivity contribution in [2.24, 2.45) is 5.18 Å². The third kappa shape index (κ3) is 1.15. The van der Waals surface area contributed by atoms with E-state index in [-0.39, 0.29) is 5.82 Å². The Kier molecular flexibility index (Phi) is 1.83. The molecule has 0 radical (unpaired) electrons. The molecule has 0 unspecified atom stereocenters. The van der Waals surface area contributed by atoms with Gasteiger partial charge >= 0.3 is 5.84 Å². The third-order valence-electron chi connectivity index (χ3n) is 2.37. The summed E-state index contributed by atoms with van der Waals surface area (Å²) in [5.74, 6) is 0.628. The lowest BCUT2D eigenvalue weighted by Crippen LogP contribution is -1.78. The van der Waals surface area contributed by atoms with Crippen molar-refractivity contribution in [2.45, 2.75) is 0 Å². The predicted octanol–water partition coefficient (Wildman–Crippen LogP) is 2.99. The van der Waals surface area contributed by atoms with Crippen LogP contribution in [0.1, 0.15) is 0 Å². The largest absolute Gasteiger partial charge is 0.432 e. The second-order valence-corrected chi connectivity index (χ2v) is 3.30. The maximum atomic E-state index is 10.8. The number of imidazole rings is 1. The lowest BCUT2D eigenvalue weighted by Gasteiger charge is -1.95. The van der Waals surface area contributed by atoms with Gasteiger partial charge in [-0.15, -0.1) is 4.91 Å². The molecule has 0 aliphatic heterocycles. The fourth-order valence-electron chi connectivity index (χ4n) is 1.65. The molecule has 2 aromatic heterocycles. The average molecular weight is 213 g/mol. The van der Waals surface area contributed by atoms with E-state index in [1.807, 2.05) is 30.3 Å². The number of nitrogens with zero attached hydrogens (tertiary/aromatic N) is 3. The van der Waals surface area contributed by atoms with E-state index in [4.69, 9.17) is 4.42 Å². The van der Waals surface area contributed by atoms with Gasteiger partial charge in [-0.1, -0.05) is 30.3 Å². The topological polar surface area (TPSA) is 59.9 Å². The number of nitroso groups, excluding NO2 is 1. The monoisotopic (exact) mass is 213 g/mol. The fraction of sp³-hybridized carbons (Fsp3) is 0. The summed E-state index contributed by atoms with van der Waals surface area (Å²) in [5.41, 5.74) is 1.38. The van der Waals surface area contributed by atoms with Gasteiger partial charge < -0.3 is 4.42 Å². The Hall–Kier alpha value is -2.43. The number of aromatic nitrogens is 2. The Bertz CT molecular complexity index is 640. The second kappa shape index (κ2) is 3.30. The molecular weight excluding hydrogens is 206 g/mol. The van der Waals surface area contributed by atoms with Crippen LogP contribution in [-0.2, 0) is 0 Å². The predicted molar refractivity (Wildman–Crippen MR) is 58.3 cm³/mol. The van der Waals surface area contributed by atoms with Crippen LogP contribution in [0.4, 0.5) is 5.82 Å². The summed E-state index contributed by atoms with van der Waals surface area (Å²) in [5, 5.41) is 3.00. The minimum absolute atomic E-state index is 0.259. The molecule has 2 heterocycles. The van der Waals surface area contributed by atoms with Crippen molar-refractivity contribution < 1.29 is 4.42 Å². The molecule has 5 nitrogen and oxygen atoms in total. The molecule has 78 valence electrons. The minimum atomic E-state index is 0.259. The van der Waals surface area contributed by atoms with Gasteiger partial charge in [-0.2, -0.15) is 4.98 Å². The van der Waals surface area contributed by atoms with Gasteiger partial charge in [0, 0.05) is 5.56 Å². The van der Waals surface area contributed by atoms with Crippen LogP contribution in [-0.4, -0.2) is 9.38 Å². The Morgan fingerprint density at radius 1 is 1.25 bits per heavy atom. The van der Waals surface area contributed by atoms with Crippen LogP contribution in [0.2, 0.25) is 0 Å². The molecule has 0 N–H and O–H groups in total. The summed E-state index contributed by atoms with van der Waals surface area (Å²) in [6.45, 7) is 0. The molecule has 3 aromatic rings. The summed E-state index contributed by atoms with van der Waals surface area (Å²) >= 11 is 0. The highest BCUT2D eigenvalue weighted by atomic mass is 16.3. The van der Waals surface area contributed by atoms with Crippen molar-refractivity contribution in [1.29, 1.82) is 0 Å². The van der Waals surface area contributed by atoms with E-state index >= 15 is 0 Å².